The number of rotatable bonds is 6. The summed E-state index contributed by atoms with van der Waals surface area (Å²) in [7, 11) is 0. The molecule has 26 heavy (non-hydrogen) atoms. The summed E-state index contributed by atoms with van der Waals surface area (Å²) >= 11 is 0. The van der Waals surface area contributed by atoms with Gasteiger partial charge in [0.2, 0.25) is 11.8 Å². The second kappa shape index (κ2) is 7.35. The van der Waals surface area contributed by atoms with Gasteiger partial charge >= 0.3 is 5.69 Å². The van der Waals surface area contributed by atoms with E-state index < -0.39 is 71.8 Å². The molecule has 1 fully saturated rings. The van der Waals surface area contributed by atoms with Crippen molar-refractivity contribution < 1.29 is 34.8 Å². The van der Waals surface area contributed by atoms with E-state index in [1.807, 2.05) is 4.98 Å². The van der Waals surface area contributed by atoms with Crippen LogP contribution in [0.3, 0.4) is 0 Å². The summed E-state index contributed by atoms with van der Waals surface area (Å²) < 4.78 is 5.79. The number of carbonyl (C=O) groups is 2. The van der Waals surface area contributed by atoms with Gasteiger partial charge in [0, 0.05) is 11.8 Å². The van der Waals surface area contributed by atoms with E-state index in [-0.39, 0.29) is 0 Å². The van der Waals surface area contributed by atoms with Crippen LogP contribution in [0.5, 0.6) is 0 Å². The largest absolute Gasteiger partial charge is 0.394 e. The number of nitrogens with two attached hydrogens (primary N) is 2. The van der Waals surface area contributed by atoms with Crippen LogP contribution in [0.4, 0.5) is 0 Å². The summed E-state index contributed by atoms with van der Waals surface area (Å²) in [6.45, 7) is -0.663. The number of H-pyrrole nitrogens is 1. The van der Waals surface area contributed by atoms with Gasteiger partial charge in [-0.15, -0.1) is 0 Å². The van der Waals surface area contributed by atoms with Gasteiger partial charge in [-0.05, 0) is 0 Å². The van der Waals surface area contributed by atoms with Crippen LogP contribution < -0.4 is 22.7 Å². The first kappa shape index (κ1) is 19.7. The predicted octanol–water partition coefficient (Wildman–Crippen LogP) is -5.44. The van der Waals surface area contributed by atoms with Gasteiger partial charge < -0.3 is 36.6 Å². The summed E-state index contributed by atoms with van der Waals surface area (Å²) in [5.41, 5.74) is 7.25. The van der Waals surface area contributed by atoms with Gasteiger partial charge in [-0.2, -0.15) is 0 Å². The lowest BCUT2D eigenvalue weighted by Gasteiger charge is -2.21. The lowest BCUT2D eigenvalue weighted by Crippen LogP contribution is -2.45. The maximum Gasteiger partial charge on any atom is 0.330 e. The second-order valence-corrected chi connectivity index (χ2v) is 5.71. The molecule has 1 aliphatic rings. The minimum atomic E-state index is -2.15. The van der Waals surface area contributed by atoms with E-state index in [4.69, 9.17) is 21.3 Å². The number of nitrogens with zero attached hydrogens (tertiary/aromatic N) is 1. The molecule has 1 aliphatic heterocycles. The second-order valence-electron chi connectivity index (χ2n) is 5.71. The van der Waals surface area contributed by atoms with Crippen molar-refractivity contribution in [1.29, 1.82) is 0 Å². The summed E-state index contributed by atoms with van der Waals surface area (Å²) in [6, 6.07) is 0. The van der Waals surface area contributed by atoms with Gasteiger partial charge in [0.1, 0.15) is 30.3 Å². The van der Waals surface area contributed by atoms with Crippen LogP contribution in [-0.2, 0) is 14.3 Å². The monoisotopic (exact) mass is 374 g/mol. The Kier molecular flexibility index (Phi) is 5.58. The fourth-order valence-corrected chi connectivity index (χ4v) is 2.66. The van der Waals surface area contributed by atoms with Crippen LogP contribution in [-0.4, -0.2) is 72.8 Å². The lowest BCUT2D eigenvalue weighted by atomic mass is 9.94. The molecular formula is C13H18N4O9. The van der Waals surface area contributed by atoms with Crippen molar-refractivity contribution in [2.75, 3.05) is 6.61 Å². The van der Waals surface area contributed by atoms with Crippen LogP contribution in [0, 0.1) is 0 Å². The highest BCUT2D eigenvalue weighted by Crippen LogP contribution is 2.28. The third-order valence-electron chi connectivity index (χ3n) is 4.04. The number of aliphatic hydroxyl groups excluding tert-OH is 4. The van der Waals surface area contributed by atoms with Gasteiger partial charge in [-0.1, -0.05) is 0 Å². The molecule has 0 saturated carbocycles. The van der Waals surface area contributed by atoms with Gasteiger partial charge in [0.25, 0.3) is 5.56 Å². The minimum Gasteiger partial charge on any atom is -0.394 e. The first-order chi connectivity index (χ1) is 12.1. The van der Waals surface area contributed by atoms with Crippen LogP contribution in [0.15, 0.2) is 15.8 Å². The highest BCUT2D eigenvalue weighted by Gasteiger charge is 2.44. The first-order valence-electron chi connectivity index (χ1n) is 7.34. The van der Waals surface area contributed by atoms with Gasteiger partial charge in [-0.25, -0.2) is 4.79 Å². The van der Waals surface area contributed by atoms with E-state index >= 15 is 0 Å². The zero-order valence-corrected chi connectivity index (χ0v) is 13.2. The number of hydrogen-bond acceptors (Lipinski definition) is 9. The van der Waals surface area contributed by atoms with Gasteiger partial charge in [-0.3, -0.25) is 23.9 Å². The first-order valence-corrected chi connectivity index (χ1v) is 7.34. The Bertz CT molecular complexity index is 819. The van der Waals surface area contributed by atoms with Gasteiger partial charge in [0.05, 0.1) is 6.61 Å². The van der Waals surface area contributed by atoms with Crippen molar-refractivity contribution in [1.82, 2.24) is 9.55 Å². The van der Waals surface area contributed by atoms with Crippen molar-refractivity contribution in [2.45, 2.75) is 36.6 Å². The molecule has 2 heterocycles. The van der Waals surface area contributed by atoms with E-state index in [0.29, 0.717) is 4.57 Å². The quantitative estimate of drug-likeness (QED) is 0.251. The molecule has 0 bridgehead atoms. The Labute approximate surface area is 144 Å². The zero-order valence-electron chi connectivity index (χ0n) is 13.2. The topological polar surface area (TPSA) is 231 Å². The molecule has 1 aromatic heterocycles. The van der Waals surface area contributed by atoms with Crippen molar-refractivity contribution >= 4 is 11.8 Å². The molecule has 0 radical (unpaired) electrons. The van der Waals surface area contributed by atoms with Crippen LogP contribution in [0.1, 0.15) is 17.7 Å². The minimum absolute atomic E-state index is 0.582. The number of aromatic amines is 1. The summed E-state index contributed by atoms with van der Waals surface area (Å²) in [5.74, 6) is -4.48. The molecule has 1 saturated heterocycles. The van der Waals surface area contributed by atoms with E-state index in [2.05, 4.69) is 0 Å². The zero-order chi connectivity index (χ0) is 19.8. The molecule has 0 aromatic carbocycles. The summed E-state index contributed by atoms with van der Waals surface area (Å²) in [4.78, 5) is 48.6. The number of amides is 2. The van der Waals surface area contributed by atoms with Crippen molar-refractivity contribution in [3.8, 4) is 0 Å². The average molecular weight is 374 g/mol. The fourth-order valence-electron chi connectivity index (χ4n) is 2.66. The molecule has 144 valence electrons. The SMILES string of the molecule is NC(=O)C(O)C(C(N)=O)c1cn([C@@H]2O[C@H](CO)[C@@H](O)[C@H]2O)c(=O)[nH]c1=O. The number of carbonyl (C=O) groups excluding carboxylic acids is 2. The van der Waals surface area contributed by atoms with Crippen molar-refractivity contribution in [3.05, 3.63) is 32.6 Å². The number of aliphatic hydroxyl groups is 4. The molecular weight excluding hydrogens is 356 g/mol. The Morgan fingerprint density at radius 3 is 2.31 bits per heavy atom. The van der Waals surface area contributed by atoms with Crippen molar-refractivity contribution in [2.24, 2.45) is 11.5 Å². The third kappa shape index (κ3) is 3.38. The van der Waals surface area contributed by atoms with Crippen LogP contribution in [0.2, 0.25) is 0 Å². The number of nitrogens with one attached hydrogen (secondary N) is 1. The molecule has 1 aromatic rings. The van der Waals surface area contributed by atoms with E-state index in [1.165, 1.54) is 0 Å². The smallest absolute Gasteiger partial charge is 0.330 e. The molecule has 13 nitrogen and oxygen atoms in total. The number of primary amides is 2. The van der Waals surface area contributed by atoms with Gasteiger partial charge in [0.15, 0.2) is 6.23 Å². The maximum atomic E-state index is 12.0. The summed E-state index contributed by atoms with van der Waals surface area (Å²) in [5, 5.41) is 38.6. The van der Waals surface area contributed by atoms with Crippen LogP contribution >= 0.6 is 0 Å². The van der Waals surface area contributed by atoms with Crippen molar-refractivity contribution in [3.63, 3.8) is 0 Å². The number of ether oxygens (including phenoxy) is 1. The van der Waals surface area contributed by atoms with E-state index in [9.17, 15) is 34.5 Å². The highest BCUT2D eigenvalue weighted by molar-refractivity contribution is 5.91. The average Bonchev–Trinajstić information content (AvgIpc) is 2.84. The van der Waals surface area contributed by atoms with Crippen LogP contribution in [0.25, 0.3) is 0 Å². The highest BCUT2D eigenvalue weighted by atomic mass is 16.6. The Morgan fingerprint density at radius 2 is 1.85 bits per heavy atom. The van der Waals surface area contributed by atoms with E-state index in [0.717, 1.165) is 6.20 Å². The summed E-state index contributed by atoms with van der Waals surface area (Å²) in [6.07, 6.45) is -7.31. The number of aromatic nitrogens is 2. The third-order valence-corrected chi connectivity index (χ3v) is 4.04. The Balaban J connectivity index is 2.57. The molecule has 2 amide bonds. The normalized spacial score (nSPS) is 27.8. The molecule has 13 heteroatoms. The van der Waals surface area contributed by atoms with E-state index in [1.54, 1.807) is 0 Å². The molecule has 0 spiro atoms. The number of hydrogen-bond donors (Lipinski definition) is 7. The fraction of sp³-hybridized carbons (Fsp3) is 0.538. The molecule has 2 unspecified atom stereocenters. The Morgan fingerprint density at radius 1 is 1.23 bits per heavy atom. The molecule has 2 rings (SSSR count). The molecule has 0 aliphatic carbocycles. The molecule has 9 N–H and O–H groups in total. The predicted molar refractivity (Wildman–Crippen MR) is 81.5 cm³/mol. The lowest BCUT2D eigenvalue weighted by molar-refractivity contribution is -0.133. The standard InChI is InChI=1S/C13H18N4O9/c14-9(22)5(7(20)10(15)23)3-1-17(13(25)16-11(3)24)12-8(21)6(19)4(2-18)26-12/h1,4-8,12,18-21H,2H2,(H2,14,22)(H2,15,23)(H,16,24,25)/t4-,5?,6-,7?,8-,12-/m1/s1. The maximum absolute atomic E-state index is 12.0. The Hall–Kier alpha value is -2.58. The molecule has 6 atom stereocenters.